The van der Waals surface area contributed by atoms with Crippen LogP contribution in [0.1, 0.15) is 31.2 Å². The van der Waals surface area contributed by atoms with Gasteiger partial charge in [-0.25, -0.2) is 0 Å². The van der Waals surface area contributed by atoms with Gasteiger partial charge in [-0.2, -0.15) is 11.8 Å². The largest absolute Gasteiger partial charge is 0.497 e. The molecular formula is C15H24N2OS. The average Bonchev–Trinajstić information content (AvgIpc) is 2.97. The van der Waals surface area contributed by atoms with E-state index in [1.807, 2.05) is 12.1 Å². The van der Waals surface area contributed by atoms with E-state index in [0.717, 1.165) is 23.2 Å². The highest BCUT2D eigenvalue weighted by atomic mass is 32.2. The maximum Gasteiger partial charge on any atom is 0.119 e. The molecule has 1 aliphatic rings. The minimum absolute atomic E-state index is 0.331. The molecule has 1 aliphatic carbocycles. The highest BCUT2D eigenvalue weighted by Gasteiger charge is 2.17. The zero-order valence-corrected chi connectivity index (χ0v) is 12.4. The number of thioether (sulfide) groups is 1. The van der Waals surface area contributed by atoms with Crippen molar-refractivity contribution in [3.05, 3.63) is 29.8 Å². The molecule has 106 valence electrons. The molecule has 0 radical (unpaired) electrons. The normalized spacial score (nSPS) is 17.6. The SMILES string of the molecule is COc1cccc(CC(CSC2CCCC2)NN)c1. The second-order valence-corrected chi connectivity index (χ2v) is 6.49. The number of hydrogen-bond acceptors (Lipinski definition) is 4. The second-order valence-electron chi connectivity index (χ2n) is 5.16. The summed E-state index contributed by atoms with van der Waals surface area (Å²) in [6, 6.07) is 8.56. The molecule has 3 N–H and O–H groups in total. The van der Waals surface area contributed by atoms with E-state index in [0.29, 0.717) is 6.04 Å². The summed E-state index contributed by atoms with van der Waals surface area (Å²) in [5.74, 6) is 7.68. The van der Waals surface area contributed by atoms with Gasteiger partial charge >= 0.3 is 0 Å². The summed E-state index contributed by atoms with van der Waals surface area (Å²) in [6.45, 7) is 0. The van der Waals surface area contributed by atoms with E-state index in [2.05, 4.69) is 29.3 Å². The van der Waals surface area contributed by atoms with Crippen LogP contribution in [-0.2, 0) is 6.42 Å². The number of benzene rings is 1. The first-order valence-electron chi connectivity index (χ1n) is 7.02. The van der Waals surface area contributed by atoms with Crippen molar-refractivity contribution in [3.63, 3.8) is 0 Å². The lowest BCUT2D eigenvalue weighted by Crippen LogP contribution is -2.39. The first-order chi connectivity index (χ1) is 9.31. The maximum atomic E-state index is 5.68. The van der Waals surface area contributed by atoms with Crippen molar-refractivity contribution in [2.24, 2.45) is 5.84 Å². The Hall–Kier alpha value is -0.710. The Morgan fingerprint density at radius 2 is 2.21 bits per heavy atom. The van der Waals surface area contributed by atoms with E-state index in [-0.39, 0.29) is 0 Å². The molecule has 0 heterocycles. The molecule has 1 fully saturated rings. The van der Waals surface area contributed by atoms with E-state index >= 15 is 0 Å². The number of rotatable bonds is 7. The van der Waals surface area contributed by atoms with Gasteiger partial charge in [0.1, 0.15) is 5.75 Å². The number of hydrogen-bond donors (Lipinski definition) is 2. The quantitative estimate of drug-likeness (QED) is 0.595. The molecule has 1 aromatic carbocycles. The molecular weight excluding hydrogens is 256 g/mol. The summed E-state index contributed by atoms with van der Waals surface area (Å²) in [5, 5.41) is 0.848. The monoisotopic (exact) mass is 280 g/mol. The minimum atomic E-state index is 0.331. The van der Waals surface area contributed by atoms with Gasteiger partial charge in [-0.1, -0.05) is 25.0 Å². The van der Waals surface area contributed by atoms with Gasteiger partial charge in [0.05, 0.1) is 7.11 Å². The van der Waals surface area contributed by atoms with Gasteiger partial charge in [0, 0.05) is 17.0 Å². The molecule has 0 aliphatic heterocycles. The van der Waals surface area contributed by atoms with Crippen LogP contribution in [-0.4, -0.2) is 24.2 Å². The van der Waals surface area contributed by atoms with Gasteiger partial charge in [-0.15, -0.1) is 0 Å². The highest BCUT2D eigenvalue weighted by molar-refractivity contribution is 7.99. The van der Waals surface area contributed by atoms with E-state index in [4.69, 9.17) is 10.6 Å². The standard InChI is InChI=1S/C15H24N2OS/c1-18-14-6-4-5-12(10-14)9-13(17-16)11-19-15-7-2-3-8-15/h4-6,10,13,15,17H,2-3,7-9,11,16H2,1H3. The van der Waals surface area contributed by atoms with E-state index in [1.54, 1.807) is 7.11 Å². The van der Waals surface area contributed by atoms with E-state index in [9.17, 15) is 0 Å². The molecule has 4 heteroatoms. The van der Waals surface area contributed by atoms with Crippen LogP contribution in [0.3, 0.4) is 0 Å². The lowest BCUT2D eigenvalue weighted by atomic mass is 10.1. The van der Waals surface area contributed by atoms with Crippen LogP contribution in [0, 0.1) is 0 Å². The Bertz CT molecular complexity index is 380. The van der Waals surface area contributed by atoms with Crippen molar-refractivity contribution in [1.82, 2.24) is 5.43 Å². The van der Waals surface area contributed by atoms with Crippen molar-refractivity contribution in [3.8, 4) is 5.75 Å². The van der Waals surface area contributed by atoms with Crippen LogP contribution in [0.2, 0.25) is 0 Å². The van der Waals surface area contributed by atoms with Crippen molar-refractivity contribution >= 4 is 11.8 Å². The van der Waals surface area contributed by atoms with Crippen LogP contribution >= 0.6 is 11.8 Å². The second kappa shape index (κ2) is 7.78. The molecule has 1 atom stereocenters. The number of ether oxygens (including phenoxy) is 1. The highest BCUT2D eigenvalue weighted by Crippen LogP contribution is 2.30. The Kier molecular flexibility index (Phi) is 6.01. The molecule has 0 aromatic heterocycles. The molecule has 19 heavy (non-hydrogen) atoms. The van der Waals surface area contributed by atoms with Crippen molar-refractivity contribution in [2.45, 2.75) is 43.4 Å². The first-order valence-corrected chi connectivity index (χ1v) is 8.07. The summed E-state index contributed by atoms with van der Waals surface area (Å²) in [7, 11) is 1.70. The molecule has 0 amide bonds. The van der Waals surface area contributed by atoms with E-state index in [1.165, 1.54) is 31.2 Å². The van der Waals surface area contributed by atoms with Crippen LogP contribution in [0.25, 0.3) is 0 Å². The summed E-state index contributed by atoms with van der Waals surface area (Å²) in [6.07, 6.45) is 6.50. The molecule has 1 aromatic rings. The van der Waals surface area contributed by atoms with Crippen molar-refractivity contribution in [1.29, 1.82) is 0 Å². The smallest absolute Gasteiger partial charge is 0.119 e. The molecule has 0 saturated heterocycles. The third kappa shape index (κ3) is 4.71. The van der Waals surface area contributed by atoms with Crippen LogP contribution in [0.15, 0.2) is 24.3 Å². The molecule has 1 unspecified atom stereocenters. The summed E-state index contributed by atoms with van der Waals surface area (Å²) in [4.78, 5) is 0. The van der Waals surface area contributed by atoms with Crippen molar-refractivity contribution in [2.75, 3.05) is 12.9 Å². The lowest BCUT2D eigenvalue weighted by molar-refractivity contribution is 0.414. The topological polar surface area (TPSA) is 47.3 Å². The summed E-state index contributed by atoms with van der Waals surface area (Å²) >= 11 is 2.07. The zero-order valence-electron chi connectivity index (χ0n) is 11.6. The Labute approximate surface area is 120 Å². The number of nitrogens with one attached hydrogen (secondary N) is 1. The van der Waals surface area contributed by atoms with Gasteiger partial charge in [0.15, 0.2) is 0 Å². The summed E-state index contributed by atoms with van der Waals surface area (Å²) in [5.41, 5.74) is 4.22. The van der Waals surface area contributed by atoms with Gasteiger partial charge < -0.3 is 4.74 Å². The van der Waals surface area contributed by atoms with Crippen LogP contribution in [0.5, 0.6) is 5.75 Å². The van der Waals surface area contributed by atoms with E-state index < -0.39 is 0 Å². The third-order valence-electron chi connectivity index (χ3n) is 3.69. The molecule has 0 spiro atoms. The third-order valence-corrected chi connectivity index (χ3v) is 5.22. The first kappa shape index (κ1) is 14.7. The fourth-order valence-corrected chi connectivity index (χ4v) is 3.94. The zero-order chi connectivity index (χ0) is 13.5. The lowest BCUT2D eigenvalue weighted by Gasteiger charge is -2.18. The maximum absolute atomic E-state index is 5.68. The van der Waals surface area contributed by atoms with Gasteiger partial charge in [0.2, 0.25) is 0 Å². The number of nitrogens with two attached hydrogens (primary N) is 1. The predicted molar refractivity (Wildman–Crippen MR) is 82.5 cm³/mol. The Balaban J connectivity index is 1.83. The Morgan fingerprint density at radius 1 is 1.42 bits per heavy atom. The average molecular weight is 280 g/mol. The predicted octanol–water partition coefficient (Wildman–Crippen LogP) is 2.75. The fourth-order valence-electron chi connectivity index (χ4n) is 2.56. The van der Waals surface area contributed by atoms with Gasteiger partial charge in [0.25, 0.3) is 0 Å². The van der Waals surface area contributed by atoms with Gasteiger partial charge in [-0.05, 0) is 37.0 Å². The molecule has 1 saturated carbocycles. The number of methoxy groups -OCH3 is 1. The number of hydrazine groups is 1. The fraction of sp³-hybridized carbons (Fsp3) is 0.600. The van der Waals surface area contributed by atoms with Crippen LogP contribution in [0.4, 0.5) is 0 Å². The minimum Gasteiger partial charge on any atom is -0.497 e. The van der Waals surface area contributed by atoms with Crippen molar-refractivity contribution < 1.29 is 4.74 Å². The van der Waals surface area contributed by atoms with Crippen LogP contribution < -0.4 is 16.0 Å². The Morgan fingerprint density at radius 3 is 2.89 bits per heavy atom. The van der Waals surface area contributed by atoms with Gasteiger partial charge in [-0.3, -0.25) is 11.3 Å². The summed E-state index contributed by atoms with van der Waals surface area (Å²) < 4.78 is 5.25. The molecule has 0 bridgehead atoms. The molecule has 3 nitrogen and oxygen atoms in total. The molecule has 2 rings (SSSR count).